The first-order valence-corrected chi connectivity index (χ1v) is 8.34. The molecule has 2 rings (SSSR count). The molecule has 4 heteroatoms. The molecule has 116 valence electrons. The number of carboxylic acids is 1. The first-order chi connectivity index (χ1) is 9.58. The van der Waals surface area contributed by atoms with Crippen LogP contribution in [0.3, 0.4) is 0 Å². The lowest BCUT2D eigenvalue weighted by molar-refractivity contribution is -0.144. The average molecular weight is 282 g/mol. The summed E-state index contributed by atoms with van der Waals surface area (Å²) >= 11 is 0. The van der Waals surface area contributed by atoms with Gasteiger partial charge in [0.1, 0.15) is 5.54 Å². The fraction of sp³-hybridized carbons (Fsp3) is 0.938. The minimum Gasteiger partial charge on any atom is -0.480 e. The van der Waals surface area contributed by atoms with E-state index in [1.807, 2.05) is 0 Å². The van der Waals surface area contributed by atoms with Gasteiger partial charge in [-0.1, -0.05) is 26.2 Å². The van der Waals surface area contributed by atoms with E-state index in [4.69, 9.17) is 5.73 Å². The predicted octanol–water partition coefficient (Wildman–Crippen LogP) is 2.61. The maximum absolute atomic E-state index is 11.4. The molecular formula is C16H30N2O2. The zero-order valence-corrected chi connectivity index (χ0v) is 12.8. The Morgan fingerprint density at radius 2 is 2.10 bits per heavy atom. The highest BCUT2D eigenvalue weighted by Crippen LogP contribution is 2.37. The molecule has 0 aromatic rings. The Morgan fingerprint density at radius 1 is 1.30 bits per heavy atom. The quantitative estimate of drug-likeness (QED) is 0.786. The van der Waals surface area contributed by atoms with E-state index in [-0.39, 0.29) is 5.92 Å². The van der Waals surface area contributed by atoms with E-state index in [0.29, 0.717) is 12.5 Å². The number of likely N-dealkylation sites (tertiary alicyclic amines) is 1. The number of carbonyl (C=O) groups is 1. The molecule has 0 aromatic heterocycles. The minimum atomic E-state index is -0.962. The third kappa shape index (κ3) is 3.34. The molecule has 1 saturated heterocycles. The number of hydrogen-bond acceptors (Lipinski definition) is 3. The molecule has 3 N–H and O–H groups in total. The van der Waals surface area contributed by atoms with E-state index in [1.165, 1.54) is 38.6 Å². The summed E-state index contributed by atoms with van der Waals surface area (Å²) < 4.78 is 0. The maximum Gasteiger partial charge on any atom is 0.323 e. The molecule has 0 bridgehead atoms. The first kappa shape index (κ1) is 15.8. The molecule has 1 aliphatic carbocycles. The monoisotopic (exact) mass is 282 g/mol. The average Bonchev–Trinajstić information content (AvgIpc) is 2.81. The Labute approximate surface area is 122 Å². The van der Waals surface area contributed by atoms with Gasteiger partial charge in [-0.2, -0.15) is 0 Å². The highest BCUT2D eigenvalue weighted by molar-refractivity contribution is 5.79. The summed E-state index contributed by atoms with van der Waals surface area (Å²) in [4.78, 5) is 14.0. The zero-order valence-electron chi connectivity index (χ0n) is 12.8. The Hall–Kier alpha value is -0.610. The number of piperidine rings is 1. The molecule has 3 unspecified atom stereocenters. The lowest BCUT2D eigenvalue weighted by Crippen LogP contribution is -2.52. The van der Waals surface area contributed by atoms with Gasteiger partial charge in [0.05, 0.1) is 0 Å². The van der Waals surface area contributed by atoms with Crippen LogP contribution in [0, 0.1) is 5.92 Å². The summed E-state index contributed by atoms with van der Waals surface area (Å²) in [5.74, 6) is -0.645. The number of aliphatic carboxylic acids is 1. The fourth-order valence-electron chi connectivity index (χ4n) is 4.12. The lowest BCUT2D eigenvalue weighted by atomic mass is 9.85. The van der Waals surface area contributed by atoms with Gasteiger partial charge in [0.15, 0.2) is 0 Å². The van der Waals surface area contributed by atoms with Crippen LogP contribution in [0.1, 0.15) is 64.7 Å². The van der Waals surface area contributed by atoms with Crippen LogP contribution in [0.4, 0.5) is 0 Å². The minimum absolute atomic E-state index is 0.157. The van der Waals surface area contributed by atoms with Crippen LogP contribution in [-0.2, 0) is 4.79 Å². The molecule has 1 aliphatic heterocycles. The van der Waals surface area contributed by atoms with Gasteiger partial charge in [-0.05, 0) is 57.5 Å². The van der Waals surface area contributed by atoms with Gasteiger partial charge in [0, 0.05) is 6.04 Å². The highest BCUT2D eigenvalue weighted by Gasteiger charge is 2.45. The van der Waals surface area contributed by atoms with Crippen molar-refractivity contribution in [2.24, 2.45) is 11.7 Å². The molecule has 0 radical (unpaired) electrons. The van der Waals surface area contributed by atoms with Crippen LogP contribution >= 0.6 is 0 Å². The van der Waals surface area contributed by atoms with E-state index in [2.05, 4.69) is 11.8 Å². The van der Waals surface area contributed by atoms with Gasteiger partial charge in [0.2, 0.25) is 0 Å². The van der Waals surface area contributed by atoms with Crippen molar-refractivity contribution in [3.8, 4) is 0 Å². The third-order valence-corrected chi connectivity index (χ3v) is 5.41. The van der Waals surface area contributed by atoms with Crippen molar-refractivity contribution in [2.45, 2.75) is 76.3 Å². The maximum atomic E-state index is 11.4. The molecule has 2 aliphatic rings. The van der Waals surface area contributed by atoms with E-state index < -0.39 is 11.5 Å². The van der Waals surface area contributed by atoms with Crippen LogP contribution in [-0.4, -0.2) is 40.6 Å². The molecule has 0 spiro atoms. The van der Waals surface area contributed by atoms with Gasteiger partial charge >= 0.3 is 5.97 Å². The van der Waals surface area contributed by atoms with Gasteiger partial charge in [0.25, 0.3) is 0 Å². The predicted molar refractivity (Wildman–Crippen MR) is 80.6 cm³/mol. The van der Waals surface area contributed by atoms with Crippen LogP contribution in [0.15, 0.2) is 0 Å². The number of nitrogens with zero attached hydrogens (tertiary/aromatic N) is 1. The second kappa shape index (κ2) is 6.90. The Bertz CT molecular complexity index is 332. The van der Waals surface area contributed by atoms with Crippen LogP contribution in [0.25, 0.3) is 0 Å². The van der Waals surface area contributed by atoms with Gasteiger partial charge in [-0.3, -0.25) is 4.79 Å². The molecule has 3 atom stereocenters. The smallest absolute Gasteiger partial charge is 0.323 e. The van der Waals surface area contributed by atoms with E-state index in [9.17, 15) is 9.90 Å². The second-order valence-electron chi connectivity index (χ2n) is 6.70. The van der Waals surface area contributed by atoms with E-state index >= 15 is 0 Å². The molecule has 1 saturated carbocycles. The molecule has 0 aromatic carbocycles. The van der Waals surface area contributed by atoms with Crippen LogP contribution in [0.5, 0.6) is 0 Å². The second-order valence-corrected chi connectivity index (χ2v) is 6.70. The molecule has 4 nitrogen and oxygen atoms in total. The van der Waals surface area contributed by atoms with Gasteiger partial charge in [-0.25, -0.2) is 0 Å². The summed E-state index contributed by atoms with van der Waals surface area (Å²) in [6.45, 7) is 4.46. The standard InChI is InChI=1S/C16H30N2O2/c1-2-6-14-8-3-4-11-18(14)12-9-13-7-5-10-16(13,17)15(19)20/h13-14H,2-12,17H2,1H3,(H,19,20). The highest BCUT2D eigenvalue weighted by atomic mass is 16.4. The van der Waals surface area contributed by atoms with Gasteiger partial charge < -0.3 is 15.7 Å². The number of hydrogen-bond donors (Lipinski definition) is 2. The summed E-state index contributed by atoms with van der Waals surface area (Å²) in [6, 6.07) is 0.715. The Balaban J connectivity index is 1.88. The van der Waals surface area contributed by atoms with Crippen molar-refractivity contribution in [1.29, 1.82) is 0 Å². The molecular weight excluding hydrogens is 252 g/mol. The lowest BCUT2D eigenvalue weighted by Gasteiger charge is -2.37. The fourth-order valence-corrected chi connectivity index (χ4v) is 4.12. The van der Waals surface area contributed by atoms with Crippen molar-refractivity contribution < 1.29 is 9.90 Å². The van der Waals surface area contributed by atoms with Gasteiger partial charge in [-0.15, -0.1) is 0 Å². The van der Waals surface area contributed by atoms with Crippen molar-refractivity contribution in [1.82, 2.24) is 4.90 Å². The Kier molecular flexibility index (Phi) is 5.44. The summed E-state index contributed by atoms with van der Waals surface area (Å²) in [5, 5.41) is 9.38. The third-order valence-electron chi connectivity index (χ3n) is 5.41. The van der Waals surface area contributed by atoms with Crippen LogP contribution in [0.2, 0.25) is 0 Å². The van der Waals surface area contributed by atoms with Crippen molar-refractivity contribution in [2.75, 3.05) is 13.1 Å². The normalized spacial score (nSPS) is 35.3. The molecule has 2 fully saturated rings. The molecule has 0 amide bonds. The summed E-state index contributed by atoms with van der Waals surface area (Å²) in [5.41, 5.74) is 5.17. The summed E-state index contributed by atoms with van der Waals surface area (Å²) in [7, 11) is 0. The number of carboxylic acid groups (broad SMARTS) is 1. The van der Waals surface area contributed by atoms with Crippen molar-refractivity contribution in [3.63, 3.8) is 0 Å². The van der Waals surface area contributed by atoms with Crippen molar-refractivity contribution >= 4 is 5.97 Å². The first-order valence-electron chi connectivity index (χ1n) is 8.34. The number of rotatable bonds is 6. The summed E-state index contributed by atoms with van der Waals surface area (Å²) in [6.07, 6.45) is 10.00. The van der Waals surface area contributed by atoms with Crippen LogP contribution < -0.4 is 5.73 Å². The zero-order chi connectivity index (χ0) is 14.6. The van der Waals surface area contributed by atoms with E-state index in [1.54, 1.807) is 0 Å². The molecule has 20 heavy (non-hydrogen) atoms. The Morgan fingerprint density at radius 3 is 2.80 bits per heavy atom. The largest absolute Gasteiger partial charge is 0.480 e. The SMILES string of the molecule is CCCC1CCCCN1CCC1CCCC1(N)C(=O)O. The topological polar surface area (TPSA) is 66.6 Å². The molecule has 1 heterocycles. The van der Waals surface area contributed by atoms with Crippen molar-refractivity contribution in [3.05, 3.63) is 0 Å². The van der Waals surface area contributed by atoms with E-state index in [0.717, 1.165) is 25.8 Å². The number of nitrogens with two attached hydrogens (primary N) is 1.